The van der Waals surface area contributed by atoms with E-state index in [9.17, 15) is 4.79 Å². The van der Waals surface area contributed by atoms with Gasteiger partial charge in [0.15, 0.2) is 0 Å². The normalized spacial score (nSPS) is 13.4. The Morgan fingerprint density at radius 2 is 2.04 bits per heavy atom. The molecule has 0 spiro atoms. The first kappa shape index (κ1) is 17.2. The summed E-state index contributed by atoms with van der Waals surface area (Å²) in [4.78, 5) is 20.0. The molecule has 0 unspecified atom stereocenters. The highest BCUT2D eigenvalue weighted by atomic mass is 16.5. The number of esters is 1. The molecule has 0 atom stereocenters. The van der Waals surface area contributed by atoms with Crippen LogP contribution in [0.3, 0.4) is 0 Å². The van der Waals surface area contributed by atoms with Crippen LogP contribution >= 0.6 is 0 Å². The molecule has 0 aliphatic heterocycles. The van der Waals surface area contributed by atoms with Gasteiger partial charge in [0.2, 0.25) is 5.88 Å². The fourth-order valence-corrected chi connectivity index (χ4v) is 2.81. The van der Waals surface area contributed by atoms with E-state index < -0.39 is 5.97 Å². The van der Waals surface area contributed by atoms with Crippen LogP contribution in [-0.4, -0.2) is 28.2 Å². The molecular formula is C20H19N3O4. The van der Waals surface area contributed by atoms with Crippen molar-refractivity contribution < 1.29 is 18.8 Å². The first-order valence-corrected chi connectivity index (χ1v) is 8.74. The summed E-state index contributed by atoms with van der Waals surface area (Å²) in [6.45, 7) is 2.22. The number of aromatic nitrogens is 3. The second kappa shape index (κ2) is 7.19. The van der Waals surface area contributed by atoms with Gasteiger partial charge in [0.25, 0.3) is 0 Å². The molecule has 0 bridgehead atoms. The molecule has 1 saturated carbocycles. The second-order valence-corrected chi connectivity index (χ2v) is 6.50. The number of carbonyl (C=O) groups excluding carboxylic acids is 1. The van der Waals surface area contributed by atoms with Crippen molar-refractivity contribution in [2.75, 3.05) is 7.11 Å². The zero-order valence-corrected chi connectivity index (χ0v) is 15.1. The fraction of sp³-hybridized carbons (Fsp3) is 0.300. The summed E-state index contributed by atoms with van der Waals surface area (Å²) in [6, 6.07) is 7.18. The van der Waals surface area contributed by atoms with E-state index in [-0.39, 0.29) is 6.61 Å². The van der Waals surface area contributed by atoms with Gasteiger partial charge in [-0.05, 0) is 38.0 Å². The Kier molecular flexibility index (Phi) is 4.58. The van der Waals surface area contributed by atoms with Crippen LogP contribution < -0.4 is 4.74 Å². The zero-order chi connectivity index (χ0) is 18.8. The van der Waals surface area contributed by atoms with Crippen molar-refractivity contribution in [1.29, 1.82) is 0 Å². The molecule has 1 fully saturated rings. The summed E-state index contributed by atoms with van der Waals surface area (Å²) >= 11 is 0. The van der Waals surface area contributed by atoms with E-state index in [1.165, 1.54) is 13.3 Å². The molecule has 4 rings (SSSR count). The molecule has 0 amide bonds. The SMILES string of the molecule is COC(=O)c1ccc(OCc2c(-c3ccc(C)nc3)noc2C2CC2)nc1. The van der Waals surface area contributed by atoms with Gasteiger partial charge in [0, 0.05) is 35.6 Å². The lowest BCUT2D eigenvalue weighted by molar-refractivity contribution is 0.0600. The number of ether oxygens (including phenoxy) is 2. The molecule has 3 heterocycles. The maximum atomic E-state index is 11.5. The summed E-state index contributed by atoms with van der Waals surface area (Å²) in [5.74, 6) is 1.26. The quantitative estimate of drug-likeness (QED) is 0.616. The number of methoxy groups -OCH3 is 1. The fourth-order valence-electron chi connectivity index (χ4n) is 2.81. The van der Waals surface area contributed by atoms with E-state index in [2.05, 4.69) is 19.9 Å². The molecule has 7 heteroatoms. The van der Waals surface area contributed by atoms with Crippen LogP contribution in [0.4, 0.5) is 0 Å². The predicted octanol–water partition coefficient (Wildman–Crippen LogP) is 3.68. The van der Waals surface area contributed by atoms with Gasteiger partial charge in [-0.25, -0.2) is 9.78 Å². The van der Waals surface area contributed by atoms with E-state index in [1.807, 2.05) is 19.1 Å². The highest BCUT2D eigenvalue weighted by molar-refractivity contribution is 5.88. The van der Waals surface area contributed by atoms with Crippen molar-refractivity contribution in [3.63, 3.8) is 0 Å². The molecule has 3 aromatic rings. The molecule has 0 saturated heterocycles. The average Bonchev–Trinajstić information content (AvgIpc) is 3.46. The molecule has 138 valence electrons. The summed E-state index contributed by atoms with van der Waals surface area (Å²) < 4.78 is 16.1. The highest BCUT2D eigenvalue weighted by Gasteiger charge is 2.33. The largest absolute Gasteiger partial charge is 0.473 e. The smallest absolute Gasteiger partial charge is 0.339 e. The van der Waals surface area contributed by atoms with E-state index in [0.717, 1.165) is 41.1 Å². The predicted molar refractivity (Wildman–Crippen MR) is 96.4 cm³/mol. The summed E-state index contributed by atoms with van der Waals surface area (Å²) in [5, 5.41) is 4.26. The van der Waals surface area contributed by atoms with Crippen LogP contribution in [0, 0.1) is 6.92 Å². The van der Waals surface area contributed by atoms with E-state index in [4.69, 9.17) is 9.26 Å². The van der Waals surface area contributed by atoms with Crippen molar-refractivity contribution in [3.05, 3.63) is 59.2 Å². The second-order valence-electron chi connectivity index (χ2n) is 6.50. The Morgan fingerprint density at radius 3 is 2.67 bits per heavy atom. The monoisotopic (exact) mass is 365 g/mol. The third-order valence-corrected chi connectivity index (χ3v) is 4.47. The highest BCUT2D eigenvalue weighted by Crippen LogP contribution is 2.44. The lowest BCUT2D eigenvalue weighted by Crippen LogP contribution is -2.04. The molecule has 1 aliphatic rings. The number of carbonyl (C=O) groups is 1. The first-order valence-electron chi connectivity index (χ1n) is 8.74. The Morgan fingerprint density at radius 1 is 1.19 bits per heavy atom. The number of hydrogen-bond acceptors (Lipinski definition) is 7. The summed E-state index contributed by atoms with van der Waals surface area (Å²) in [7, 11) is 1.33. The van der Waals surface area contributed by atoms with Crippen LogP contribution in [0.25, 0.3) is 11.3 Å². The number of pyridine rings is 2. The molecule has 0 radical (unpaired) electrons. The maximum Gasteiger partial charge on any atom is 0.339 e. The molecule has 7 nitrogen and oxygen atoms in total. The van der Waals surface area contributed by atoms with Crippen molar-refractivity contribution in [2.45, 2.75) is 32.3 Å². The van der Waals surface area contributed by atoms with Gasteiger partial charge in [-0.2, -0.15) is 0 Å². The van der Waals surface area contributed by atoms with Gasteiger partial charge in [-0.15, -0.1) is 0 Å². The van der Waals surface area contributed by atoms with Gasteiger partial charge >= 0.3 is 5.97 Å². The number of rotatable bonds is 6. The van der Waals surface area contributed by atoms with Gasteiger partial charge in [0.1, 0.15) is 18.1 Å². The van der Waals surface area contributed by atoms with Gasteiger partial charge in [-0.3, -0.25) is 4.98 Å². The van der Waals surface area contributed by atoms with Crippen molar-refractivity contribution in [1.82, 2.24) is 15.1 Å². The van der Waals surface area contributed by atoms with Gasteiger partial charge in [-0.1, -0.05) is 5.16 Å². The molecular weight excluding hydrogens is 346 g/mol. The number of nitrogens with zero attached hydrogens (tertiary/aromatic N) is 3. The Balaban J connectivity index is 1.56. The minimum absolute atomic E-state index is 0.281. The van der Waals surface area contributed by atoms with Crippen LogP contribution in [0.2, 0.25) is 0 Å². The Labute approximate surface area is 156 Å². The Hall–Kier alpha value is -3.22. The van der Waals surface area contributed by atoms with Crippen LogP contribution in [0.15, 0.2) is 41.2 Å². The minimum atomic E-state index is -0.432. The van der Waals surface area contributed by atoms with E-state index in [0.29, 0.717) is 17.4 Å². The molecule has 27 heavy (non-hydrogen) atoms. The molecule has 0 N–H and O–H groups in total. The number of hydrogen-bond donors (Lipinski definition) is 0. The van der Waals surface area contributed by atoms with Crippen molar-refractivity contribution in [2.24, 2.45) is 0 Å². The molecule has 3 aromatic heterocycles. The average molecular weight is 365 g/mol. The van der Waals surface area contributed by atoms with Crippen LogP contribution in [0.5, 0.6) is 5.88 Å². The van der Waals surface area contributed by atoms with Crippen LogP contribution in [0.1, 0.15) is 46.1 Å². The third-order valence-electron chi connectivity index (χ3n) is 4.47. The van der Waals surface area contributed by atoms with Crippen LogP contribution in [-0.2, 0) is 11.3 Å². The molecule has 0 aromatic carbocycles. The van der Waals surface area contributed by atoms with E-state index in [1.54, 1.807) is 18.3 Å². The summed E-state index contributed by atoms with van der Waals surface area (Å²) in [5.41, 5.74) is 3.87. The van der Waals surface area contributed by atoms with Gasteiger partial charge in [0.05, 0.1) is 18.2 Å². The maximum absolute atomic E-state index is 11.5. The summed E-state index contributed by atoms with van der Waals surface area (Å²) in [6.07, 6.45) is 5.41. The zero-order valence-electron chi connectivity index (χ0n) is 15.1. The lowest BCUT2D eigenvalue weighted by Gasteiger charge is -2.07. The minimum Gasteiger partial charge on any atom is -0.473 e. The van der Waals surface area contributed by atoms with E-state index >= 15 is 0 Å². The molecule has 1 aliphatic carbocycles. The lowest BCUT2D eigenvalue weighted by atomic mass is 10.1. The standard InChI is InChI=1S/C20H19N3O4/c1-12-3-4-14(9-21-12)18-16(19(27-23-18)13-5-6-13)11-26-17-8-7-15(10-22-17)20(24)25-2/h3-4,7-10,13H,5-6,11H2,1-2H3. The van der Waals surface area contributed by atoms with Crippen molar-refractivity contribution in [3.8, 4) is 17.1 Å². The third kappa shape index (κ3) is 3.67. The first-order chi connectivity index (χ1) is 13.2. The number of aryl methyl sites for hydroxylation is 1. The van der Waals surface area contributed by atoms with Crippen molar-refractivity contribution >= 4 is 5.97 Å². The van der Waals surface area contributed by atoms with Gasteiger partial charge < -0.3 is 14.0 Å². The Bertz CT molecular complexity index is 944. The topological polar surface area (TPSA) is 87.3 Å².